The van der Waals surface area contributed by atoms with Crippen molar-refractivity contribution in [3.8, 4) is 11.4 Å². The van der Waals surface area contributed by atoms with E-state index < -0.39 is 0 Å². The molecule has 1 heterocycles. The predicted octanol–water partition coefficient (Wildman–Crippen LogP) is 4.63. The maximum absolute atomic E-state index is 13.7. The van der Waals surface area contributed by atoms with Gasteiger partial charge < -0.3 is 9.42 Å². The van der Waals surface area contributed by atoms with E-state index in [-0.39, 0.29) is 5.82 Å². The molecule has 0 radical (unpaired) electrons. The van der Waals surface area contributed by atoms with Crippen molar-refractivity contribution < 1.29 is 8.91 Å². The second kappa shape index (κ2) is 8.09. The zero-order chi connectivity index (χ0) is 17.8. The lowest BCUT2D eigenvalue weighted by molar-refractivity contribution is 0.168. The molecule has 136 valence electrons. The summed E-state index contributed by atoms with van der Waals surface area (Å²) in [7, 11) is 2.22. The van der Waals surface area contributed by atoms with Gasteiger partial charge in [0.05, 0.1) is 0 Å². The number of hydrogen-bond donors (Lipinski definition) is 0. The van der Waals surface area contributed by atoms with E-state index in [0.29, 0.717) is 28.9 Å². The summed E-state index contributed by atoms with van der Waals surface area (Å²) in [5, 5.41) is 3.99. The third-order valence-electron chi connectivity index (χ3n) is 5.41. The molecule has 4 nitrogen and oxygen atoms in total. The van der Waals surface area contributed by atoms with Crippen LogP contribution < -0.4 is 0 Å². The minimum Gasteiger partial charge on any atom is -0.339 e. The van der Waals surface area contributed by atoms with Crippen molar-refractivity contribution in [2.45, 2.75) is 58.4 Å². The number of halogens is 1. The Kier molecular flexibility index (Phi) is 5.84. The van der Waals surface area contributed by atoms with Gasteiger partial charge in [0.2, 0.25) is 11.7 Å². The van der Waals surface area contributed by atoms with E-state index in [1.807, 2.05) is 6.07 Å². The van der Waals surface area contributed by atoms with Crippen molar-refractivity contribution in [3.63, 3.8) is 0 Å². The number of benzene rings is 1. The lowest BCUT2D eigenvalue weighted by Crippen LogP contribution is -2.35. The van der Waals surface area contributed by atoms with Crippen LogP contribution in [0.1, 0.15) is 50.5 Å². The van der Waals surface area contributed by atoms with E-state index in [1.165, 1.54) is 31.7 Å². The standard InChI is InChI=1S/C20H28FN3O/c1-14-6-10-17(11-7-14)24(3)12-4-5-19-22-20(23-25-19)16-9-8-15(2)18(21)13-16/h8-9,13-14,17H,4-7,10-12H2,1-3H3. The van der Waals surface area contributed by atoms with Crippen LogP contribution in [0.15, 0.2) is 22.7 Å². The second-order valence-electron chi connectivity index (χ2n) is 7.47. The molecule has 0 spiro atoms. The molecule has 0 amide bonds. The van der Waals surface area contributed by atoms with Gasteiger partial charge in [-0.3, -0.25) is 0 Å². The van der Waals surface area contributed by atoms with Crippen molar-refractivity contribution in [2.24, 2.45) is 5.92 Å². The summed E-state index contributed by atoms with van der Waals surface area (Å²) < 4.78 is 19.0. The fourth-order valence-corrected chi connectivity index (χ4v) is 3.55. The van der Waals surface area contributed by atoms with Crippen LogP contribution in [-0.2, 0) is 6.42 Å². The van der Waals surface area contributed by atoms with Crippen LogP contribution in [-0.4, -0.2) is 34.7 Å². The van der Waals surface area contributed by atoms with Crippen LogP contribution in [0.25, 0.3) is 11.4 Å². The summed E-state index contributed by atoms with van der Waals surface area (Å²) in [6.07, 6.45) is 7.05. The Morgan fingerprint density at radius 3 is 2.72 bits per heavy atom. The summed E-state index contributed by atoms with van der Waals surface area (Å²) >= 11 is 0. The van der Waals surface area contributed by atoms with Crippen LogP contribution >= 0.6 is 0 Å². The fraction of sp³-hybridized carbons (Fsp3) is 0.600. The zero-order valence-electron chi connectivity index (χ0n) is 15.5. The number of rotatable bonds is 6. The van der Waals surface area contributed by atoms with E-state index in [4.69, 9.17) is 4.52 Å². The maximum Gasteiger partial charge on any atom is 0.227 e. The Hall–Kier alpha value is -1.75. The summed E-state index contributed by atoms with van der Waals surface area (Å²) in [5.74, 6) is 1.73. The highest BCUT2D eigenvalue weighted by Gasteiger charge is 2.21. The number of aryl methyl sites for hydroxylation is 2. The molecular weight excluding hydrogens is 317 g/mol. The van der Waals surface area contributed by atoms with E-state index in [1.54, 1.807) is 13.0 Å². The Morgan fingerprint density at radius 2 is 2.00 bits per heavy atom. The quantitative estimate of drug-likeness (QED) is 0.766. The first kappa shape index (κ1) is 18.1. The predicted molar refractivity (Wildman–Crippen MR) is 96.8 cm³/mol. The van der Waals surface area contributed by atoms with Crippen LogP contribution in [0.5, 0.6) is 0 Å². The highest BCUT2D eigenvalue weighted by Crippen LogP contribution is 2.26. The minimum absolute atomic E-state index is 0.243. The van der Waals surface area contributed by atoms with Crippen molar-refractivity contribution in [1.82, 2.24) is 15.0 Å². The van der Waals surface area contributed by atoms with Gasteiger partial charge in [-0.05, 0) is 70.2 Å². The number of aromatic nitrogens is 2. The summed E-state index contributed by atoms with van der Waals surface area (Å²) in [6, 6.07) is 5.73. The highest BCUT2D eigenvalue weighted by molar-refractivity contribution is 5.54. The molecule has 2 aromatic rings. The average Bonchev–Trinajstić information content (AvgIpc) is 3.07. The van der Waals surface area contributed by atoms with Gasteiger partial charge in [-0.1, -0.05) is 24.2 Å². The molecule has 1 aromatic heterocycles. The maximum atomic E-state index is 13.7. The molecule has 0 bridgehead atoms. The largest absolute Gasteiger partial charge is 0.339 e. The molecule has 1 fully saturated rings. The van der Waals surface area contributed by atoms with E-state index in [9.17, 15) is 4.39 Å². The molecule has 3 rings (SSSR count). The van der Waals surface area contributed by atoms with Gasteiger partial charge in [0.15, 0.2) is 0 Å². The van der Waals surface area contributed by atoms with Crippen molar-refractivity contribution in [2.75, 3.05) is 13.6 Å². The van der Waals surface area contributed by atoms with E-state index in [2.05, 4.69) is 29.0 Å². The second-order valence-corrected chi connectivity index (χ2v) is 7.47. The average molecular weight is 345 g/mol. The number of hydrogen-bond acceptors (Lipinski definition) is 4. The van der Waals surface area contributed by atoms with Gasteiger partial charge in [0.25, 0.3) is 0 Å². The lowest BCUT2D eigenvalue weighted by Gasteiger charge is -2.33. The molecule has 0 N–H and O–H groups in total. The van der Waals surface area contributed by atoms with Crippen molar-refractivity contribution in [1.29, 1.82) is 0 Å². The molecule has 1 aliphatic carbocycles. The monoisotopic (exact) mass is 345 g/mol. The molecule has 1 aromatic carbocycles. The minimum atomic E-state index is -0.243. The molecule has 5 heteroatoms. The van der Waals surface area contributed by atoms with Gasteiger partial charge >= 0.3 is 0 Å². The molecule has 0 unspecified atom stereocenters. The van der Waals surface area contributed by atoms with Crippen molar-refractivity contribution >= 4 is 0 Å². The molecule has 1 saturated carbocycles. The molecule has 0 atom stereocenters. The summed E-state index contributed by atoms with van der Waals surface area (Å²) in [4.78, 5) is 6.88. The molecular formula is C20H28FN3O. The Labute approximate surface area is 149 Å². The molecule has 1 aliphatic rings. The van der Waals surface area contributed by atoms with E-state index in [0.717, 1.165) is 25.3 Å². The number of nitrogens with zero attached hydrogens (tertiary/aromatic N) is 3. The summed E-state index contributed by atoms with van der Waals surface area (Å²) in [5.41, 5.74) is 1.28. The first-order valence-corrected chi connectivity index (χ1v) is 9.32. The van der Waals surface area contributed by atoms with Gasteiger partial charge in [-0.25, -0.2) is 4.39 Å². The normalized spacial score (nSPS) is 21.0. The molecule has 0 saturated heterocycles. The van der Waals surface area contributed by atoms with Crippen LogP contribution in [0, 0.1) is 18.7 Å². The Morgan fingerprint density at radius 1 is 1.24 bits per heavy atom. The first-order chi connectivity index (χ1) is 12.0. The van der Waals surface area contributed by atoms with E-state index >= 15 is 0 Å². The van der Waals surface area contributed by atoms with Gasteiger partial charge in [0, 0.05) is 18.0 Å². The van der Waals surface area contributed by atoms with Gasteiger partial charge in [-0.2, -0.15) is 4.98 Å². The highest BCUT2D eigenvalue weighted by atomic mass is 19.1. The third-order valence-corrected chi connectivity index (χ3v) is 5.41. The summed E-state index contributed by atoms with van der Waals surface area (Å²) in [6.45, 7) is 5.13. The van der Waals surface area contributed by atoms with Gasteiger partial charge in [-0.15, -0.1) is 0 Å². The smallest absolute Gasteiger partial charge is 0.227 e. The Balaban J connectivity index is 1.49. The van der Waals surface area contributed by atoms with Gasteiger partial charge in [0.1, 0.15) is 5.82 Å². The van der Waals surface area contributed by atoms with Crippen LogP contribution in [0.2, 0.25) is 0 Å². The van der Waals surface area contributed by atoms with Crippen LogP contribution in [0.3, 0.4) is 0 Å². The lowest BCUT2D eigenvalue weighted by atomic mass is 9.87. The topological polar surface area (TPSA) is 42.2 Å². The third kappa shape index (κ3) is 4.66. The SMILES string of the molecule is Cc1ccc(-c2noc(CCCN(C)C3CCC(C)CC3)n2)cc1F. The molecule has 25 heavy (non-hydrogen) atoms. The molecule has 0 aliphatic heterocycles. The Bertz CT molecular complexity index is 692. The van der Waals surface area contributed by atoms with Crippen molar-refractivity contribution in [3.05, 3.63) is 35.5 Å². The first-order valence-electron chi connectivity index (χ1n) is 9.32. The van der Waals surface area contributed by atoms with Crippen LogP contribution in [0.4, 0.5) is 4.39 Å². The zero-order valence-corrected chi connectivity index (χ0v) is 15.5. The fourth-order valence-electron chi connectivity index (χ4n) is 3.55.